The minimum atomic E-state index is -1.08. The van der Waals surface area contributed by atoms with Gasteiger partial charge in [-0.05, 0) is 69.5 Å². The standard InChI is InChI=1S/C29H38N2O8/c1-6-9-10-11-12-25(33)30-23-17-22(13-14-24(23)32)39-27-19(4)15-21(16-20(27)5)31(18-26(34)37-7-2)28(35)29(36)38-8-3/h13-17,32H,6-12,18H2,1-5H3,(H,30,33). The SMILES string of the molecule is CCCCCCC(=O)Nc1cc(Oc2c(C)cc(N(CC(=O)OCC)C(=O)C(=O)OCC)cc2C)ccc1O. The van der Waals surface area contributed by atoms with Crippen molar-refractivity contribution in [1.82, 2.24) is 0 Å². The third kappa shape index (κ3) is 9.31. The van der Waals surface area contributed by atoms with Gasteiger partial charge in [-0.2, -0.15) is 0 Å². The van der Waals surface area contributed by atoms with Crippen LogP contribution in [0.4, 0.5) is 11.4 Å². The number of unbranched alkanes of at least 4 members (excludes halogenated alkanes) is 3. The molecular weight excluding hydrogens is 504 g/mol. The first kappa shape index (κ1) is 31.1. The van der Waals surface area contributed by atoms with E-state index >= 15 is 0 Å². The predicted octanol–water partition coefficient (Wildman–Crippen LogP) is 5.17. The van der Waals surface area contributed by atoms with Crippen LogP contribution in [0.25, 0.3) is 0 Å². The topological polar surface area (TPSA) is 131 Å². The summed E-state index contributed by atoms with van der Waals surface area (Å²) >= 11 is 0. The Bertz CT molecular complexity index is 1150. The number of carbonyl (C=O) groups is 4. The number of hydrogen-bond acceptors (Lipinski definition) is 8. The minimum Gasteiger partial charge on any atom is -0.506 e. The number of esters is 2. The van der Waals surface area contributed by atoms with E-state index < -0.39 is 24.4 Å². The summed E-state index contributed by atoms with van der Waals surface area (Å²) in [6.07, 6.45) is 4.24. The van der Waals surface area contributed by atoms with Crippen molar-refractivity contribution in [2.75, 3.05) is 30.0 Å². The summed E-state index contributed by atoms with van der Waals surface area (Å²) in [4.78, 5) is 50.4. The summed E-state index contributed by atoms with van der Waals surface area (Å²) in [6, 6.07) is 7.75. The molecule has 0 aliphatic carbocycles. The molecule has 0 heterocycles. The van der Waals surface area contributed by atoms with Gasteiger partial charge in [0.25, 0.3) is 0 Å². The monoisotopic (exact) mass is 542 g/mol. The lowest BCUT2D eigenvalue weighted by Gasteiger charge is -2.23. The molecule has 10 nitrogen and oxygen atoms in total. The molecule has 0 saturated carbocycles. The van der Waals surface area contributed by atoms with Gasteiger partial charge in [-0.1, -0.05) is 26.2 Å². The Morgan fingerprint density at radius 3 is 2.18 bits per heavy atom. The van der Waals surface area contributed by atoms with Crippen LogP contribution in [-0.2, 0) is 28.7 Å². The summed E-state index contributed by atoms with van der Waals surface area (Å²) < 4.78 is 15.9. The van der Waals surface area contributed by atoms with Crippen LogP contribution in [0, 0.1) is 13.8 Å². The van der Waals surface area contributed by atoms with Crippen LogP contribution < -0.4 is 15.0 Å². The molecular formula is C29H38N2O8. The van der Waals surface area contributed by atoms with E-state index in [-0.39, 0.29) is 30.6 Å². The second-order valence-corrected chi connectivity index (χ2v) is 8.97. The Balaban J connectivity index is 2.28. The third-order valence-corrected chi connectivity index (χ3v) is 5.76. The maximum atomic E-state index is 12.8. The van der Waals surface area contributed by atoms with Gasteiger partial charge in [0.05, 0.1) is 18.9 Å². The van der Waals surface area contributed by atoms with E-state index in [2.05, 4.69) is 12.2 Å². The number of ether oxygens (including phenoxy) is 3. The average Bonchev–Trinajstić information content (AvgIpc) is 2.89. The first-order valence-electron chi connectivity index (χ1n) is 13.2. The number of aromatic hydroxyl groups is 1. The Kier molecular flexibility index (Phi) is 12.3. The summed E-state index contributed by atoms with van der Waals surface area (Å²) in [6.45, 7) is 8.49. The van der Waals surface area contributed by atoms with Crippen molar-refractivity contribution in [3.8, 4) is 17.2 Å². The average molecular weight is 543 g/mol. The van der Waals surface area contributed by atoms with Crippen molar-refractivity contribution in [3.05, 3.63) is 41.5 Å². The first-order valence-corrected chi connectivity index (χ1v) is 13.2. The number of hydrogen-bond donors (Lipinski definition) is 2. The lowest BCUT2D eigenvalue weighted by Crippen LogP contribution is -2.41. The number of aryl methyl sites for hydroxylation is 2. The molecule has 2 aromatic rings. The fraction of sp³-hybridized carbons (Fsp3) is 0.448. The molecule has 0 bridgehead atoms. The van der Waals surface area contributed by atoms with Crippen LogP contribution in [0.3, 0.4) is 0 Å². The summed E-state index contributed by atoms with van der Waals surface area (Å²) in [5, 5.41) is 13.0. The highest BCUT2D eigenvalue weighted by Gasteiger charge is 2.28. The molecule has 0 spiro atoms. The molecule has 0 radical (unpaired) electrons. The number of benzene rings is 2. The number of nitrogens with one attached hydrogen (secondary N) is 1. The minimum absolute atomic E-state index is 0.0105. The number of carbonyl (C=O) groups excluding carboxylic acids is 4. The van der Waals surface area contributed by atoms with Crippen LogP contribution >= 0.6 is 0 Å². The molecule has 0 aromatic heterocycles. The lowest BCUT2D eigenvalue weighted by atomic mass is 10.1. The second kappa shape index (κ2) is 15.4. The molecule has 2 amide bonds. The van der Waals surface area contributed by atoms with E-state index in [0.717, 1.165) is 30.6 Å². The zero-order chi connectivity index (χ0) is 28.9. The quantitative estimate of drug-likeness (QED) is 0.153. The van der Waals surface area contributed by atoms with Crippen LogP contribution in [-0.4, -0.2) is 48.6 Å². The lowest BCUT2D eigenvalue weighted by molar-refractivity contribution is -0.153. The van der Waals surface area contributed by atoms with Crippen molar-refractivity contribution >= 4 is 35.1 Å². The number of amides is 2. The molecule has 2 aromatic carbocycles. The number of rotatable bonds is 13. The molecule has 0 aliphatic rings. The van der Waals surface area contributed by atoms with Gasteiger partial charge in [0.15, 0.2) is 0 Å². The Labute approximate surface area is 229 Å². The van der Waals surface area contributed by atoms with E-state index in [0.29, 0.717) is 34.7 Å². The molecule has 0 aliphatic heterocycles. The first-order chi connectivity index (χ1) is 18.6. The van der Waals surface area contributed by atoms with Crippen molar-refractivity contribution in [2.24, 2.45) is 0 Å². The molecule has 10 heteroatoms. The molecule has 0 fully saturated rings. The Morgan fingerprint density at radius 1 is 0.897 bits per heavy atom. The van der Waals surface area contributed by atoms with Crippen molar-refractivity contribution < 1.29 is 38.5 Å². The van der Waals surface area contributed by atoms with Gasteiger partial charge in [-0.3, -0.25) is 19.3 Å². The van der Waals surface area contributed by atoms with Gasteiger partial charge in [-0.25, -0.2) is 4.79 Å². The van der Waals surface area contributed by atoms with Gasteiger partial charge in [0.2, 0.25) is 5.91 Å². The van der Waals surface area contributed by atoms with Gasteiger partial charge in [0.1, 0.15) is 23.8 Å². The molecule has 39 heavy (non-hydrogen) atoms. The molecule has 0 atom stereocenters. The normalized spacial score (nSPS) is 10.5. The molecule has 2 N–H and O–H groups in total. The fourth-order valence-electron chi connectivity index (χ4n) is 3.88. The maximum Gasteiger partial charge on any atom is 0.397 e. The fourth-order valence-corrected chi connectivity index (χ4v) is 3.88. The van der Waals surface area contributed by atoms with Crippen molar-refractivity contribution in [2.45, 2.75) is 66.7 Å². The highest BCUT2D eigenvalue weighted by Crippen LogP contribution is 2.36. The van der Waals surface area contributed by atoms with E-state index in [1.165, 1.54) is 12.1 Å². The third-order valence-electron chi connectivity index (χ3n) is 5.76. The van der Waals surface area contributed by atoms with Gasteiger partial charge < -0.3 is 24.6 Å². The molecule has 2 rings (SSSR count). The summed E-state index contributed by atoms with van der Waals surface area (Å²) in [5.74, 6) is -2.18. The predicted molar refractivity (Wildman–Crippen MR) is 147 cm³/mol. The number of nitrogens with zero attached hydrogens (tertiary/aromatic N) is 1. The maximum absolute atomic E-state index is 12.8. The molecule has 212 valence electrons. The van der Waals surface area contributed by atoms with Gasteiger partial charge in [-0.15, -0.1) is 0 Å². The van der Waals surface area contributed by atoms with Crippen molar-refractivity contribution in [1.29, 1.82) is 0 Å². The van der Waals surface area contributed by atoms with Crippen LogP contribution in [0.1, 0.15) is 64.0 Å². The zero-order valence-corrected chi connectivity index (χ0v) is 23.3. The van der Waals surface area contributed by atoms with Gasteiger partial charge in [0, 0.05) is 18.2 Å². The summed E-state index contributed by atoms with van der Waals surface area (Å²) in [7, 11) is 0. The molecule has 0 saturated heterocycles. The zero-order valence-electron chi connectivity index (χ0n) is 23.3. The van der Waals surface area contributed by atoms with Crippen molar-refractivity contribution in [3.63, 3.8) is 0 Å². The Hall–Kier alpha value is -4.08. The summed E-state index contributed by atoms with van der Waals surface area (Å²) in [5.41, 5.74) is 1.76. The molecule has 0 unspecified atom stereocenters. The van der Waals surface area contributed by atoms with E-state index in [4.69, 9.17) is 14.2 Å². The largest absolute Gasteiger partial charge is 0.506 e. The number of anilines is 2. The van der Waals surface area contributed by atoms with Gasteiger partial charge >= 0.3 is 17.8 Å². The van der Waals surface area contributed by atoms with E-state index in [1.54, 1.807) is 45.9 Å². The second-order valence-electron chi connectivity index (χ2n) is 8.97. The smallest absolute Gasteiger partial charge is 0.397 e. The highest BCUT2D eigenvalue weighted by molar-refractivity contribution is 6.38. The van der Waals surface area contributed by atoms with Crippen LogP contribution in [0.15, 0.2) is 30.3 Å². The number of phenols is 1. The van der Waals surface area contributed by atoms with E-state index in [1.807, 2.05) is 0 Å². The van der Waals surface area contributed by atoms with Crippen LogP contribution in [0.5, 0.6) is 17.2 Å². The Morgan fingerprint density at radius 2 is 1.56 bits per heavy atom. The number of phenolic OH excluding ortho intramolecular Hbond substituents is 1. The van der Waals surface area contributed by atoms with E-state index in [9.17, 15) is 24.3 Å². The van der Waals surface area contributed by atoms with Crippen LogP contribution in [0.2, 0.25) is 0 Å². The highest BCUT2D eigenvalue weighted by atomic mass is 16.5.